The number of rotatable bonds is 7. The number of carbonyl (C=O) groups is 2. The molecular weight excluding hydrogens is 476 g/mol. The molecule has 0 aliphatic heterocycles. The highest BCUT2D eigenvalue weighted by Crippen LogP contribution is 2.22. The minimum atomic E-state index is -4.72. The number of alkyl halides is 3. The van der Waals surface area contributed by atoms with Crippen molar-refractivity contribution in [3.05, 3.63) is 63.2 Å². The second-order valence-electron chi connectivity index (χ2n) is 5.45. The molecule has 2 N–H and O–H groups in total. The van der Waals surface area contributed by atoms with E-state index in [1.54, 1.807) is 18.2 Å². The van der Waals surface area contributed by atoms with E-state index in [0.29, 0.717) is 12.0 Å². The summed E-state index contributed by atoms with van der Waals surface area (Å²) in [7, 11) is 0. The Labute approximate surface area is 167 Å². The Morgan fingerprint density at radius 2 is 1.67 bits per heavy atom. The van der Waals surface area contributed by atoms with Crippen molar-refractivity contribution >= 4 is 34.4 Å². The van der Waals surface area contributed by atoms with Gasteiger partial charge >= 0.3 is 6.36 Å². The van der Waals surface area contributed by atoms with Crippen LogP contribution in [0.1, 0.15) is 15.9 Å². The van der Waals surface area contributed by atoms with Gasteiger partial charge < -0.3 is 15.4 Å². The van der Waals surface area contributed by atoms with Crippen molar-refractivity contribution in [1.82, 2.24) is 10.6 Å². The Bertz CT molecular complexity index is 795. The number of nitrogens with one attached hydrogen (secondary N) is 2. The fourth-order valence-electron chi connectivity index (χ4n) is 2.17. The zero-order chi connectivity index (χ0) is 19.9. The van der Waals surface area contributed by atoms with E-state index in [1.807, 2.05) is 28.7 Å². The predicted octanol–water partition coefficient (Wildman–Crippen LogP) is 3.28. The van der Waals surface area contributed by atoms with Gasteiger partial charge in [0.05, 0.1) is 12.1 Å². The molecule has 0 bridgehead atoms. The Morgan fingerprint density at radius 3 is 2.30 bits per heavy atom. The minimum Gasteiger partial charge on any atom is -0.406 e. The molecule has 2 aromatic carbocycles. The van der Waals surface area contributed by atoms with Crippen LogP contribution < -0.4 is 15.4 Å². The van der Waals surface area contributed by atoms with E-state index in [9.17, 15) is 22.8 Å². The molecule has 0 spiro atoms. The van der Waals surface area contributed by atoms with Crippen molar-refractivity contribution < 1.29 is 27.5 Å². The monoisotopic (exact) mass is 492 g/mol. The number of hydrogen-bond acceptors (Lipinski definition) is 3. The second-order valence-corrected chi connectivity index (χ2v) is 6.62. The normalized spacial score (nSPS) is 11.0. The lowest BCUT2D eigenvalue weighted by atomic mass is 10.1. The van der Waals surface area contributed by atoms with Crippen LogP contribution in [-0.2, 0) is 11.2 Å². The Balaban J connectivity index is 1.71. The molecule has 2 rings (SSSR count). The number of benzene rings is 2. The van der Waals surface area contributed by atoms with Crippen LogP contribution in [0, 0.1) is 3.57 Å². The molecule has 27 heavy (non-hydrogen) atoms. The van der Waals surface area contributed by atoms with Crippen LogP contribution in [0.15, 0.2) is 48.5 Å². The molecule has 0 aliphatic carbocycles. The molecule has 0 aliphatic rings. The summed E-state index contributed by atoms with van der Waals surface area (Å²) < 4.78 is 40.9. The number of halogens is 4. The van der Waals surface area contributed by atoms with Crippen LogP contribution in [-0.4, -0.2) is 31.3 Å². The van der Waals surface area contributed by atoms with E-state index in [4.69, 9.17) is 0 Å². The first-order chi connectivity index (χ1) is 12.7. The lowest BCUT2D eigenvalue weighted by Gasteiger charge is -2.10. The summed E-state index contributed by atoms with van der Waals surface area (Å²) in [5, 5.41) is 5.18. The fraction of sp³-hybridized carbons (Fsp3) is 0.222. The summed E-state index contributed by atoms with van der Waals surface area (Å²) in [6, 6.07) is 12.4. The smallest absolute Gasteiger partial charge is 0.406 e. The average molecular weight is 492 g/mol. The molecule has 0 aromatic heterocycles. The highest BCUT2D eigenvalue weighted by Gasteiger charge is 2.30. The molecule has 144 valence electrons. The molecule has 0 heterocycles. The third kappa shape index (κ3) is 7.45. The SMILES string of the molecule is O=C(CNC(=O)c1ccccc1I)NCCc1ccc(OC(F)(F)F)cc1. The third-order valence-electron chi connectivity index (χ3n) is 3.42. The molecule has 0 saturated heterocycles. The zero-order valence-corrected chi connectivity index (χ0v) is 16.1. The van der Waals surface area contributed by atoms with Gasteiger partial charge in [-0.25, -0.2) is 0 Å². The largest absolute Gasteiger partial charge is 0.573 e. The van der Waals surface area contributed by atoms with Gasteiger partial charge in [-0.3, -0.25) is 9.59 Å². The van der Waals surface area contributed by atoms with Crippen molar-refractivity contribution in [3.63, 3.8) is 0 Å². The number of ether oxygens (including phenoxy) is 1. The van der Waals surface area contributed by atoms with Crippen molar-refractivity contribution in [2.24, 2.45) is 0 Å². The molecule has 5 nitrogen and oxygen atoms in total. The van der Waals surface area contributed by atoms with Crippen LogP contribution in [0.5, 0.6) is 5.75 Å². The summed E-state index contributed by atoms with van der Waals surface area (Å²) in [4.78, 5) is 23.8. The molecule has 0 unspecified atom stereocenters. The Hall–Kier alpha value is -2.30. The summed E-state index contributed by atoms with van der Waals surface area (Å²) in [6.07, 6.45) is -4.29. The van der Waals surface area contributed by atoms with Crippen molar-refractivity contribution in [2.45, 2.75) is 12.8 Å². The van der Waals surface area contributed by atoms with E-state index < -0.39 is 6.36 Å². The van der Waals surface area contributed by atoms with Gasteiger partial charge in [-0.05, 0) is 58.8 Å². The first-order valence-electron chi connectivity index (χ1n) is 7.89. The van der Waals surface area contributed by atoms with Gasteiger partial charge in [-0.2, -0.15) is 0 Å². The van der Waals surface area contributed by atoms with Crippen LogP contribution in [0.2, 0.25) is 0 Å². The quantitative estimate of drug-likeness (QED) is 0.584. The van der Waals surface area contributed by atoms with E-state index in [2.05, 4.69) is 15.4 Å². The molecule has 2 aromatic rings. The first-order valence-corrected chi connectivity index (χ1v) is 8.96. The van der Waals surface area contributed by atoms with Crippen LogP contribution in [0.4, 0.5) is 13.2 Å². The maximum absolute atomic E-state index is 12.1. The zero-order valence-electron chi connectivity index (χ0n) is 14.0. The lowest BCUT2D eigenvalue weighted by molar-refractivity contribution is -0.274. The molecular formula is C18H16F3IN2O3. The highest BCUT2D eigenvalue weighted by molar-refractivity contribution is 14.1. The summed E-state index contributed by atoms with van der Waals surface area (Å²) in [6.45, 7) is 0.124. The molecule has 2 amide bonds. The van der Waals surface area contributed by atoms with Gasteiger partial charge in [0.1, 0.15) is 5.75 Å². The topological polar surface area (TPSA) is 67.4 Å². The van der Waals surface area contributed by atoms with Gasteiger partial charge in [-0.1, -0.05) is 24.3 Å². The highest BCUT2D eigenvalue weighted by atomic mass is 127. The van der Waals surface area contributed by atoms with Gasteiger partial charge in [0.25, 0.3) is 5.91 Å². The molecule has 9 heteroatoms. The third-order valence-corrected chi connectivity index (χ3v) is 4.36. The van der Waals surface area contributed by atoms with Crippen molar-refractivity contribution in [3.8, 4) is 5.75 Å². The maximum Gasteiger partial charge on any atom is 0.573 e. The first kappa shape index (κ1) is 21.0. The molecule has 0 atom stereocenters. The predicted molar refractivity (Wildman–Crippen MR) is 101 cm³/mol. The van der Waals surface area contributed by atoms with Gasteiger partial charge in [0.15, 0.2) is 0 Å². The Kier molecular flexibility index (Phi) is 7.45. The second kappa shape index (κ2) is 9.58. The average Bonchev–Trinajstić information content (AvgIpc) is 2.60. The number of carbonyl (C=O) groups excluding carboxylic acids is 2. The molecule has 0 fully saturated rings. The summed E-state index contributed by atoms with van der Waals surface area (Å²) in [5.74, 6) is -0.991. The van der Waals surface area contributed by atoms with Crippen molar-refractivity contribution in [2.75, 3.05) is 13.1 Å². The number of amides is 2. The van der Waals surface area contributed by atoms with E-state index in [1.165, 1.54) is 24.3 Å². The van der Waals surface area contributed by atoms with Crippen molar-refractivity contribution in [1.29, 1.82) is 0 Å². The van der Waals surface area contributed by atoms with Crippen LogP contribution >= 0.6 is 22.6 Å². The lowest BCUT2D eigenvalue weighted by Crippen LogP contribution is -2.37. The van der Waals surface area contributed by atoms with Crippen LogP contribution in [0.25, 0.3) is 0 Å². The van der Waals surface area contributed by atoms with Gasteiger partial charge in [0.2, 0.25) is 5.91 Å². The van der Waals surface area contributed by atoms with Gasteiger partial charge in [-0.15, -0.1) is 13.2 Å². The molecule has 0 radical (unpaired) electrons. The molecule has 0 saturated carbocycles. The Morgan fingerprint density at radius 1 is 1.00 bits per heavy atom. The van der Waals surface area contributed by atoms with E-state index >= 15 is 0 Å². The van der Waals surface area contributed by atoms with Gasteiger partial charge in [0, 0.05) is 10.1 Å². The standard InChI is InChI=1S/C18H16F3IN2O3/c19-18(20,21)27-13-7-5-12(6-8-13)9-10-23-16(25)11-24-17(26)14-3-1-2-4-15(14)22/h1-8H,9-11H2,(H,23,25)(H,24,26). The maximum atomic E-state index is 12.1. The number of hydrogen-bond donors (Lipinski definition) is 2. The summed E-state index contributed by atoms with van der Waals surface area (Å²) >= 11 is 2.04. The van der Waals surface area contributed by atoms with E-state index in [0.717, 1.165) is 9.13 Å². The minimum absolute atomic E-state index is 0.165. The summed E-state index contributed by atoms with van der Waals surface area (Å²) in [5.41, 5.74) is 1.24. The van der Waals surface area contributed by atoms with E-state index in [-0.39, 0.29) is 30.7 Å². The fourth-order valence-corrected chi connectivity index (χ4v) is 2.80. The van der Waals surface area contributed by atoms with Crippen LogP contribution in [0.3, 0.4) is 0 Å².